The zero-order chi connectivity index (χ0) is 44.7. The number of imide groups is 1. The van der Waals surface area contributed by atoms with Gasteiger partial charge in [-0.3, -0.25) is 43.7 Å². The first kappa shape index (κ1) is 42.9. The van der Waals surface area contributed by atoms with Gasteiger partial charge in [-0.1, -0.05) is 66.7 Å². The molecule has 2 aliphatic carbocycles. The first-order valence-corrected chi connectivity index (χ1v) is 23.5. The minimum Gasteiger partial charge on any atom is -0.352 e. The molecule has 1 aromatic heterocycles. The van der Waals surface area contributed by atoms with Crippen LogP contribution in [0.25, 0.3) is 11.0 Å². The fourth-order valence-corrected chi connectivity index (χ4v) is 12.9. The number of hydrogen-bond donors (Lipinski definition) is 4. The van der Waals surface area contributed by atoms with E-state index in [1.165, 1.54) is 10.6 Å². The molecule has 3 saturated heterocycles. The molecule has 4 aliphatic heterocycles. The second-order valence-electron chi connectivity index (χ2n) is 18.9. The Labute approximate surface area is 379 Å². The second kappa shape index (κ2) is 16.4. The Morgan fingerprint density at radius 1 is 0.844 bits per heavy atom. The molecule has 64 heavy (non-hydrogen) atoms. The number of nitrogens with zero attached hydrogens (tertiary/aromatic N) is 3. The molecule has 13 nitrogen and oxygen atoms in total. The van der Waals surface area contributed by atoms with E-state index in [0.29, 0.717) is 73.4 Å². The number of anilines is 1. The predicted molar refractivity (Wildman–Crippen MR) is 240 cm³/mol. The van der Waals surface area contributed by atoms with Crippen molar-refractivity contribution in [2.45, 2.75) is 124 Å². The zero-order valence-corrected chi connectivity index (χ0v) is 37.2. The second-order valence-corrected chi connectivity index (χ2v) is 19.8. The number of nitrogens with one attached hydrogen (secondary N) is 4. The summed E-state index contributed by atoms with van der Waals surface area (Å²) in [6, 6.07) is 14.1. The minimum absolute atomic E-state index is 0.0767. The van der Waals surface area contributed by atoms with E-state index in [1.807, 2.05) is 29.2 Å². The molecule has 0 bridgehead atoms. The number of imidazole rings is 1. The van der Waals surface area contributed by atoms with Crippen molar-refractivity contribution in [1.82, 2.24) is 30.0 Å². The van der Waals surface area contributed by atoms with Crippen molar-refractivity contribution >= 4 is 69.5 Å². The third-order valence-electron chi connectivity index (χ3n) is 15.6. The Balaban J connectivity index is 0.815. The molecule has 5 fully saturated rings. The molecule has 336 valence electrons. The largest absolute Gasteiger partial charge is 0.352 e. The van der Waals surface area contributed by atoms with Crippen LogP contribution in [0.15, 0.2) is 59.4 Å². The lowest BCUT2D eigenvalue weighted by Crippen LogP contribution is -2.60. The summed E-state index contributed by atoms with van der Waals surface area (Å²) in [7, 11) is 1.69. The van der Waals surface area contributed by atoms with E-state index in [0.717, 1.165) is 43.2 Å². The fraction of sp³-hybridized carbons (Fsp3) is 0.500. The highest BCUT2D eigenvalue weighted by molar-refractivity contribution is 6.31. The van der Waals surface area contributed by atoms with Gasteiger partial charge in [-0.05, 0) is 111 Å². The standard InChI is InChI=1S/C48H52Cl2FN7O6/c1-56-37-24-28(10-15-35(37)58(46(56)64)36-16-17-38(59)54-42(36)60)26-18-22-57(23-19-26)44(62)27-8-12-30(13-9-27)52-43(61)41-39(31-6-5-7-33(50)40(31)51)48(47(55-41)20-3-2-4-21-47)32-14-11-29(49)25-34(32)53-45(48)63/h5-7,10-11,14-15,24-27,30,36,39,41,55H,2-4,8-9,12-13,16-23H2,1H3,(H,52,61)(H,53,63)(H,54,59,60). The number of carbonyl (C=O) groups is 5. The van der Waals surface area contributed by atoms with Crippen molar-refractivity contribution in [2.75, 3.05) is 18.4 Å². The number of amides is 5. The van der Waals surface area contributed by atoms with Crippen molar-refractivity contribution < 1.29 is 28.4 Å². The number of halogens is 3. The van der Waals surface area contributed by atoms with E-state index in [9.17, 15) is 28.8 Å². The molecule has 16 heteroatoms. The van der Waals surface area contributed by atoms with Crippen LogP contribution in [0.2, 0.25) is 10.0 Å². The summed E-state index contributed by atoms with van der Waals surface area (Å²) in [5, 5.41) is 12.8. The number of likely N-dealkylation sites (tertiary alicyclic amines) is 1. The molecule has 4 unspecified atom stereocenters. The van der Waals surface area contributed by atoms with Crippen molar-refractivity contribution in [3.63, 3.8) is 0 Å². The van der Waals surface area contributed by atoms with Crippen LogP contribution in [0.3, 0.4) is 0 Å². The Kier molecular flexibility index (Phi) is 11.0. The van der Waals surface area contributed by atoms with Gasteiger partial charge in [0.1, 0.15) is 17.3 Å². The first-order valence-electron chi connectivity index (χ1n) is 22.8. The highest BCUT2D eigenvalue weighted by Crippen LogP contribution is 2.63. The predicted octanol–water partition coefficient (Wildman–Crippen LogP) is 6.49. The van der Waals surface area contributed by atoms with Crippen LogP contribution in [0.1, 0.15) is 118 Å². The Bertz CT molecular complexity index is 2660. The Morgan fingerprint density at radius 3 is 2.33 bits per heavy atom. The van der Waals surface area contributed by atoms with Gasteiger partial charge in [-0.15, -0.1) is 0 Å². The molecule has 3 aromatic carbocycles. The fourth-order valence-electron chi connectivity index (χ4n) is 12.5. The normalized spacial score (nSPS) is 28.1. The van der Waals surface area contributed by atoms with Crippen LogP contribution in [0.4, 0.5) is 10.1 Å². The van der Waals surface area contributed by atoms with Gasteiger partial charge in [0.25, 0.3) is 0 Å². The summed E-state index contributed by atoms with van der Waals surface area (Å²) in [5.74, 6) is -2.79. The van der Waals surface area contributed by atoms with Gasteiger partial charge in [-0.25, -0.2) is 9.18 Å². The van der Waals surface area contributed by atoms with Gasteiger partial charge in [-0.2, -0.15) is 0 Å². The Hall–Kier alpha value is -5.05. The summed E-state index contributed by atoms with van der Waals surface area (Å²) < 4.78 is 19.4. The SMILES string of the molecule is Cn1c(=O)n(C2CCC(=O)NC2=O)c2ccc(C3CCN(C(=O)C4CCC(NC(=O)C5NC6(CCCCC6)C6(C(=O)Nc7cc(Cl)ccc76)C5c5cccc(Cl)c5F)CC4)CC3)cc21. The smallest absolute Gasteiger partial charge is 0.329 e. The summed E-state index contributed by atoms with van der Waals surface area (Å²) >= 11 is 12.8. The topological polar surface area (TPSA) is 164 Å². The molecule has 2 spiro atoms. The molecule has 0 radical (unpaired) electrons. The third kappa shape index (κ3) is 6.80. The molecule has 5 amide bonds. The monoisotopic (exact) mass is 911 g/mol. The lowest BCUT2D eigenvalue weighted by molar-refractivity contribution is -0.138. The van der Waals surface area contributed by atoms with Crippen LogP contribution >= 0.6 is 23.2 Å². The Morgan fingerprint density at radius 2 is 1.59 bits per heavy atom. The maximum Gasteiger partial charge on any atom is 0.329 e. The zero-order valence-electron chi connectivity index (χ0n) is 35.7. The quantitative estimate of drug-likeness (QED) is 0.161. The number of aromatic nitrogens is 2. The van der Waals surface area contributed by atoms with Gasteiger partial charge in [0.2, 0.25) is 29.5 Å². The third-order valence-corrected chi connectivity index (χ3v) is 16.2. The van der Waals surface area contributed by atoms with Crippen molar-refractivity contribution in [1.29, 1.82) is 0 Å². The molecule has 4 atom stereocenters. The number of carbonyl (C=O) groups excluding carboxylic acids is 5. The molecule has 4 aromatic rings. The summed E-state index contributed by atoms with van der Waals surface area (Å²) in [5.41, 5.74) is 1.48. The van der Waals surface area contributed by atoms with Gasteiger partial charge < -0.3 is 15.5 Å². The highest BCUT2D eigenvalue weighted by atomic mass is 35.5. The van der Waals surface area contributed by atoms with Crippen LogP contribution in [-0.4, -0.2) is 74.3 Å². The molecule has 5 heterocycles. The van der Waals surface area contributed by atoms with E-state index in [1.54, 1.807) is 35.9 Å². The van der Waals surface area contributed by atoms with Gasteiger partial charge in [0.15, 0.2) is 0 Å². The molecule has 6 aliphatic rings. The van der Waals surface area contributed by atoms with E-state index in [-0.39, 0.29) is 70.6 Å². The van der Waals surface area contributed by atoms with Gasteiger partial charge in [0, 0.05) is 60.7 Å². The molecular formula is C48H52Cl2FN7O6. The van der Waals surface area contributed by atoms with Crippen LogP contribution in [-0.2, 0) is 36.4 Å². The lowest BCUT2D eigenvalue weighted by atomic mass is 9.55. The molecule has 2 saturated carbocycles. The summed E-state index contributed by atoms with van der Waals surface area (Å²) in [6.45, 7) is 1.21. The summed E-state index contributed by atoms with van der Waals surface area (Å²) in [6.07, 6.45) is 8.39. The van der Waals surface area contributed by atoms with E-state index in [2.05, 4.69) is 21.3 Å². The minimum atomic E-state index is -1.31. The van der Waals surface area contributed by atoms with Crippen LogP contribution in [0, 0.1) is 11.7 Å². The molecular weight excluding hydrogens is 860 g/mol. The maximum absolute atomic E-state index is 16.3. The van der Waals surface area contributed by atoms with E-state index in [4.69, 9.17) is 23.2 Å². The highest BCUT2D eigenvalue weighted by Gasteiger charge is 2.72. The number of aryl methyl sites for hydroxylation is 1. The summed E-state index contributed by atoms with van der Waals surface area (Å²) in [4.78, 5) is 83.1. The van der Waals surface area contributed by atoms with E-state index < -0.39 is 40.7 Å². The van der Waals surface area contributed by atoms with Crippen molar-refractivity contribution in [3.05, 3.63) is 97.6 Å². The van der Waals surface area contributed by atoms with Crippen LogP contribution < -0.4 is 27.0 Å². The van der Waals surface area contributed by atoms with Crippen LogP contribution in [0.5, 0.6) is 0 Å². The van der Waals surface area contributed by atoms with E-state index >= 15 is 4.39 Å². The molecule has 4 N–H and O–H groups in total. The van der Waals surface area contributed by atoms with Crippen molar-refractivity contribution in [2.24, 2.45) is 13.0 Å². The number of piperidine rings is 2. The number of fused-ring (bicyclic) bond motifs is 4. The number of hydrogen-bond acceptors (Lipinski definition) is 7. The first-order chi connectivity index (χ1) is 30.8. The van der Waals surface area contributed by atoms with Crippen molar-refractivity contribution in [3.8, 4) is 0 Å². The maximum atomic E-state index is 16.3. The average molecular weight is 913 g/mol. The average Bonchev–Trinajstić information content (AvgIpc) is 3.84. The number of benzene rings is 3. The number of rotatable bonds is 6. The van der Waals surface area contributed by atoms with Gasteiger partial charge >= 0.3 is 5.69 Å². The molecule has 10 rings (SSSR count). The van der Waals surface area contributed by atoms with Gasteiger partial charge in [0.05, 0.1) is 22.1 Å². The lowest BCUT2D eigenvalue weighted by Gasteiger charge is -2.47.